The lowest BCUT2D eigenvalue weighted by atomic mass is 10.1. The van der Waals surface area contributed by atoms with Crippen molar-refractivity contribution >= 4 is 52.4 Å². The van der Waals surface area contributed by atoms with Crippen LogP contribution in [0.15, 0.2) is 6.07 Å². The first-order chi connectivity index (χ1) is 7.88. The van der Waals surface area contributed by atoms with Crippen LogP contribution in [-0.2, 0) is 4.79 Å². The van der Waals surface area contributed by atoms with Gasteiger partial charge < -0.3 is 15.5 Å². The molecule has 0 bridgehead atoms. The molecule has 17 heavy (non-hydrogen) atoms. The second-order valence-electron chi connectivity index (χ2n) is 2.93. The molecule has 0 aliphatic heterocycles. The Bertz CT molecular complexity index is 490. The van der Waals surface area contributed by atoms with Gasteiger partial charge in [-0.1, -0.05) is 23.2 Å². The number of carboxylic acids is 1. The fraction of sp³-hybridized carbons (Fsp3) is 0.111. The lowest BCUT2D eigenvalue weighted by Gasteiger charge is -2.12. The molecule has 5 nitrogen and oxygen atoms in total. The third kappa shape index (κ3) is 2.94. The van der Waals surface area contributed by atoms with E-state index in [1.807, 2.05) is 0 Å². The summed E-state index contributed by atoms with van der Waals surface area (Å²) in [5.74, 6) is -3.08. The Kier molecular flexibility index (Phi) is 4.45. The SMILES string of the molecule is O=C(CCl)Nc1c(O)c(Cl)cc(Cl)c1C(=O)O. The van der Waals surface area contributed by atoms with Gasteiger partial charge in [0.15, 0.2) is 5.75 Å². The molecule has 1 aromatic carbocycles. The average molecular weight is 299 g/mol. The number of alkyl halides is 1. The van der Waals surface area contributed by atoms with Crippen LogP contribution >= 0.6 is 34.8 Å². The van der Waals surface area contributed by atoms with Gasteiger partial charge in [-0.25, -0.2) is 4.79 Å². The number of aromatic hydroxyl groups is 1. The largest absolute Gasteiger partial charge is 0.504 e. The van der Waals surface area contributed by atoms with Crippen LogP contribution in [0.2, 0.25) is 10.0 Å². The van der Waals surface area contributed by atoms with E-state index in [1.165, 1.54) is 0 Å². The van der Waals surface area contributed by atoms with Crippen LogP contribution in [0.4, 0.5) is 5.69 Å². The van der Waals surface area contributed by atoms with Gasteiger partial charge in [0.1, 0.15) is 17.1 Å². The minimum Gasteiger partial charge on any atom is -0.504 e. The highest BCUT2D eigenvalue weighted by Crippen LogP contribution is 2.39. The molecule has 92 valence electrons. The third-order valence-corrected chi connectivity index (χ3v) is 2.63. The molecule has 3 N–H and O–H groups in total. The fourth-order valence-electron chi connectivity index (χ4n) is 1.11. The first kappa shape index (κ1) is 13.9. The number of nitrogens with one attached hydrogen (secondary N) is 1. The number of phenols is 1. The molecule has 0 spiro atoms. The van der Waals surface area contributed by atoms with Crippen LogP contribution < -0.4 is 5.32 Å². The summed E-state index contributed by atoms with van der Waals surface area (Å²) in [5.41, 5.74) is -0.826. The number of anilines is 1. The molecule has 0 aliphatic rings. The van der Waals surface area contributed by atoms with Crippen molar-refractivity contribution < 1.29 is 19.8 Å². The van der Waals surface area contributed by atoms with E-state index in [1.54, 1.807) is 0 Å². The monoisotopic (exact) mass is 297 g/mol. The van der Waals surface area contributed by atoms with Crippen LogP contribution in [0.1, 0.15) is 10.4 Å². The van der Waals surface area contributed by atoms with Gasteiger partial charge in [-0.3, -0.25) is 4.79 Å². The van der Waals surface area contributed by atoms with Gasteiger partial charge >= 0.3 is 5.97 Å². The molecule has 0 fully saturated rings. The minimum atomic E-state index is -1.41. The quantitative estimate of drug-likeness (QED) is 0.591. The number of benzene rings is 1. The molecule has 1 aromatic rings. The van der Waals surface area contributed by atoms with E-state index < -0.39 is 29.1 Å². The van der Waals surface area contributed by atoms with Crippen molar-refractivity contribution in [2.45, 2.75) is 0 Å². The van der Waals surface area contributed by atoms with Gasteiger partial charge in [-0.15, -0.1) is 11.6 Å². The summed E-state index contributed by atoms with van der Waals surface area (Å²) >= 11 is 16.5. The summed E-state index contributed by atoms with van der Waals surface area (Å²) < 4.78 is 0. The van der Waals surface area contributed by atoms with Crippen molar-refractivity contribution in [1.82, 2.24) is 0 Å². The second kappa shape index (κ2) is 5.44. The van der Waals surface area contributed by atoms with E-state index >= 15 is 0 Å². The molecule has 0 aromatic heterocycles. The molecule has 0 heterocycles. The standard InChI is InChI=1S/C9H6Cl3NO4/c10-2-5(14)13-7-6(9(16)17)3(11)1-4(12)8(7)15/h1,15H,2H2,(H,13,14)(H,16,17). The number of rotatable bonds is 3. The van der Waals surface area contributed by atoms with Crippen LogP contribution in [0.25, 0.3) is 0 Å². The van der Waals surface area contributed by atoms with Gasteiger partial charge in [0.2, 0.25) is 5.91 Å². The average Bonchev–Trinajstić information content (AvgIpc) is 2.24. The zero-order valence-corrected chi connectivity index (χ0v) is 10.4. The van der Waals surface area contributed by atoms with Crippen molar-refractivity contribution in [3.05, 3.63) is 21.7 Å². The maximum atomic E-state index is 11.1. The summed E-state index contributed by atoms with van der Waals surface area (Å²) in [6.45, 7) is 0. The second-order valence-corrected chi connectivity index (χ2v) is 4.01. The zero-order valence-electron chi connectivity index (χ0n) is 8.13. The minimum absolute atomic E-state index is 0.176. The summed E-state index contributed by atoms with van der Waals surface area (Å²) in [7, 11) is 0. The van der Waals surface area contributed by atoms with Crippen molar-refractivity contribution in [1.29, 1.82) is 0 Å². The highest BCUT2D eigenvalue weighted by molar-refractivity contribution is 6.39. The Balaban J connectivity index is 3.42. The lowest BCUT2D eigenvalue weighted by Crippen LogP contribution is -2.16. The maximum Gasteiger partial charge on any atom is 0.339 e. The molecule has 0 aliphatic carbocycles. The van der Waals surface area contributed by atoms with Crippen LogP contribution in [0, 0.1) is 0 Å². The van der Waals surface area contributed by atoms with Crippen LogP contribution in [-0.4, -0.2) is 28.0 Å². The van der Waals surface area contributed by atoms with Gasteiger partial charge in [0.25, 0.3) is 0 Å². The number of carbonyl (C=O) groups is 2. The first-order valence-corrected chi connectivity index (χ1v) is 5.47. The topological polar surface area (TPSA) is 86.6 Å². The van der Waals surface area contributed by atoms with Gasteiger partial charge in [-0.2, -0.15) is 0 Å². The normalized spacial score (nSPS) is 10.1. The zero-order chi connectivity index (χ0) is 13.2. The molecule has 0 saturated heterocycles. The van der Waals surface area contributed by atoms with Gasteiger partial charge in [0.05, 0.1) is 10.0 Å². The number of phenolic OH excluding ortho intramolecular Hbond substituents is 1. The van der Waals surface area contributed by atoms with Crippen molar-refractivity contribution in [2.24, 2.45) is 0 Å². The Hall–Kier alpha value is -1.17. The molecule has 8 heteroatoms. The number of carbonyl (C=O) groups excluding carboxylic acids is 1. The highest BCUT2D eigenvalue weighted by atomic mass is 35.5. The third-order valence-electron chi connectivity index (χ3n) is 1.80. The van der Waals surface area contributed by atoms with E-state index in [0.717, 1.165) is 6.07 Å². The van der Waals surface area contributed by atoms with Crippen LogP contribution in [0.5, 0.6) is 5.75 Å². The van der Waals surface area contributed by atoms with E-state index in [-0.39, 0.29) is 15.7 Å². The predicted octanol–water partition coefficient (Wildman–Crippen LogP) is 2.57. The number of halogens is 3. The first-order valence-electron chi connectivity index (χ1n) is 4.18. The molecular formula is C9H6Cl3NO4. The molecular weight excluding hydrogens is 292 g/mol. The lowest BCUT2D eigenvalue weighted by molar-refractivity contribution is -0.113. The maximum absolute atomic E-state index is 11.1. The fourth-order valence-corrected chi connectivity index (χ4v) is 1.72. The van der Waals surface area contributed by atoms with E-state index in [9.17, 15) is 14.7 Å². The Morgan fingerprint density at radius 1 is 1.29 bits per heavy atom. The smallest absolute Gasteiger partial charge is 0.339 e. The molecule has 1 amide bonds. The molecule has 1 rings (SSSR count). The molecule has 0 atom stereocenters. The Labute approximate surface area is 111 Å². The van der Waals surface area contributed by atoms with E-state index in [4.69, 9.17) is 39.9 Å². The number of aromatic carboxylic acids is 1. The number of hydrogen-bond acceptors (Lipinski definition) is 3. The van der Waals surface area contributed by atoms with E-state index in [2.05, 4.69) is 5.32 Å². The summed E-state index contributed by atoms with van der Waals surface area (Å²) in [6, 6.07) is 1.07. The van der Waals surface area contributed by atoms with Crippen molar-refractivity contribution in [2.75, 3.05) is 11.2 Å². The highest BCUT2D eigenvalue weighted by Gasteiger charge is 2.22. The molecule has 0 saturated carbocycles. The van der Waals surface area contributed by atoms with Crippen LogP contribution in [0.3, 0.4) is 0 Å². The molecule has 0 unspecified atom stereocenters. The summed E-state index contributed by atoms with van der Waals surface area (Å²) in [5, 5.41) is 20.3. The summed E-state index contributed by atoms with van der Waals surface area (Å²) in [6.07, 6.45) is 0. The summed E-state index contributed by atoms with van der Waals surface area (Å²) in [4.78, 5) is 22.1. The Morgan fingerprint density at radius 2 is 1.88 bits per heavy atom. The van der Waals surface area contributed by atoms with Crippen molar-refractivity contribution in [3.63, 3.8) is 0 Å². The number of carboxylic acid groups (broad SMARTS) is 1. The Morgan fingerprint density at radius 3 is 2.35 bits per heavy atom. The van der Waals surface area contributed by atoms with Gasteiger partial charge in [0, 0.05) is 0 Å². The predicted molar refractivity (Wildman–Crippen MR) is 64.4 cm³/mol. The number of hydrogen-bond donors (Lipinski definition) is 3. The van der Waals surface area contributed by atoms with Crippen molar-refractivity contribution in [3.8, 4) is 5.75 Å². The van der Waals surface area contributed by atoms with E-state index in [0.29, 0.717) is 0 Å². The van der Waals surface area contributed by atoms with Gasteiger partial charge in [-0.05, 0) is 6.07 Å². The molecule has 0 radical (unpaired) electrons. The number of amides is 1.